The quantitative estimate of drug-likeness (QED) is 0.476. The molecule has 0 aliphatic carbocycles. The lowest BCUT2D eigenvalue weighted by molar-refractivity contribution is -0.113. The van der Waals surface area contributed by atoms with Gasteiger partial charge in [-0.3, -0.25) is 15.1 Å². The summed E-state index contributed by atoms with van der Waals surface area (Å²) in [6, 6.07) is 1.87. The molecule has 2 aromatic heterocycles. The van der Waals surface area contributed by atoms with E-state index in [-0.39, 0.29) is 24.8 Å². The van der Waals surface area contributed by atoms with Crippen molar-refractivity contribution in [1.29, 1.82) is 0 Å². The third-order valence-electron chi connectivity index (χ3n) is 5.91. The summed E-state index contributed by atoms with van der Waals surface area (Å²) >= 11 is 0. The number of carbonyl (C=O) groups is 1. The molecular formula is C19H25FN10O2. The van der Waals surface area contributed by atoms with Gasteiger partial charge in [0.05, 0.1) is 29.7 Å². The molecule has 2 unspecified atom stereocenters. The predicted octanol–water partition coefficient (Wildman–Crippen LogP) is -0.704. The molecular weight excluding hydrogens is 419 g/mol. The molecule has 32 heavy (non-hydrogen) atoms. The topological polar surface area (TPSA) is 141 Å². The number of anilines is 3. The molecule has 3 aliphatic heterocycles. The van der Waals surface area contributed by atoms with E-state index in [1.165, 1.54) is 0 Å². The summed E-state index contributed by atoms with van der Waals surface area (Å²) in [6.45, 7) is 5.09. The van der Waals surface area contributed by atoms with E-state index in [0.29, 0.717) is 11.3 Å². The lowest BCUT2D eigenvalue weighted by Gasteiger charge is -2.36. The van der Waals surface area contributed by atoms with Crippen LogP contribution >= 0.6 is 0 Å². The Morgan fingerprint density at radius 3 is 2.81 bits per heavy atom. The van der Waals surface area contributed by atoms with Crippen molar-refractivity contribution in [3.8, 4) is 0 Å². The smallest absolute Gasteiger partial charge is 0.258 e. The van der Waals surface area contributed by atoms with Crippen LogP contribution in [-0.2, 0) is 4.79 Å². The Morgan fingerprint density at radius 1 is 1.28 bits per heavy atom. The number of nitrogens with zero attached hydrogens (tertiary/aromatic N) is 6. The number of aromatic nitrogens is 3. The zero-order valence-corrected chi connectivity index (χ0v) is 17.6. The summed E-state index contributed by atoms with van der Waals surface area (Å²) < 4.78 is 18.5. The van der Waals surface area contributed by atoms with E-state index >= 15 is 0 Å². The van der Waals surface area contributed by atoms with Gasteiger partial charge < -0.3 is 26.3 Å². The van der Waals surface area contributed by atoms with Crippen LogP contribution in [0.15, 0.2) is 34.5 Å². The number of piperazine rings is 1. The second-order valence-corrected chi connectivity index (χ2v) is 7.99. The number of amides is 1. The minimum absolute atomic E-state index is 0.151. The highest BCUT2D eigenvalue weighted by atomic mass is 19.1. The molecule has 12 nitrogen and oxygen atoms in total. The molecule has 170 valence electrons. The zero-order chi connectivity index (χ0) is 22.2. The third kappa shape index (κ3) is 3.69. The van der Waals surface area contributed by atoms with E-state index in [1.807, 2.05) is 13.0 Å². The molecule has 2 atom stereocenters. The molecule has 0 radical (unpaired) electrons. The first kappa shape index (κ1) is 20.5. The van der Waals surface area contributed by atoms with Gasteiger partial charge in [-0.25, -0.2) is 9.02 Å². The lowest BCUT2D eigenvalue weighted by Crippen LogP contribution is -2.58. The van der Waals surface area contributed by atoms with Gasteiger partial charge in [-0.2, -0.15) is 5.01 Å². The Labute approximate surface area is 183 Å². The number of rotatable bonds is 4. The molecule has 2 aromatic rings. The van der Waals surface area contributed by atoms with Gasteiger partial charge in [0.15, 0.2) is 5.82 Å². The van der Waals surface area contributed by atoms with Crippen LogP contribution in [0.3, 0.4) is 0 Å². The van der Waals surface area contributed by atoms with E-state index in [9.17, 15) is 9.18 Å². The second-order valence-electron chi connectivity index (χ2n) is 7.99. The number of carbonyl (C=O) groups excluding carboxylic acids is 1. The highest BCUT2D eigenvalue weighted by Gasteiger charge is 2.40. The zero-order valence-electron chi connectivity index (χ0n) is 17.6. The van der Waals surface area contributed by atoms with Crippen molar-refractivity contribution in [3.63, 3.8) is 0 Å². The normalized spacial score (nSPS) is 23.8. The van der Waals surface area contributed by atoms with Gasteiger partial charge in [0, 0.05) is 38.9 Å². The van der Waals surface area contributed by atoms with Crippen molar-refractivity contribution >= 4 is 23.1 Å². The number of hydrogen-bond donors (Lipinski definition) is 4. The number of pyridine rings is 1. The number of alkyl halides is 1. The minimum atomic E-state index is -1.03. The van der Waals surface area contributed by atoms with Crippen LogP contribution in [-0.4, -0.2) is 77.8 Å². The molecule has 5 heterocycles. The van der Waals surface area contributed by atoms with Crippen molar-refractivity contribution in [1.82, 2.24) is 31.0 Å². The molecule has 3 aliphatic rings. The molecule has 0 spiro atoms. The van der Waals surface area contributed by atoms with Gasteiger partial charge >= 0.3 is 0 Å². The molecule has 13 heteroatoms. The van der Waals surface area contributed by atoms with Crippen molar-refractivity contribution in [2.24, 2.45) is 5.73 Å². The fraction of sp³-hybridized carbons (Fsp3) is 0.474. The van der Waals surface area contributed by atoms with E-state index in [1.54, 1.807) is 17.4 Å². The maximum atomic E-state index is 13.7. The van der Waals surface area contributed by atoms with Crippen molar-refractivity contribution in [2.75, 3.05) is 54.4 Å². The van der Waals surface area contributed by atoms with Crippen LogP contribution in [0.25, 0.3) is 0 Å². The Bertz CT molecular complexity index is 1030. The largest absolute Gasteiger partial charge is 0.384 e. The molecule has 5 N–H and O–H groups in total. The molecule has 0 saturated carbocycles. The second kappa shape index (κ2) is 8.24. The molecule has 0 aromatic carbocycles. The Morgan fingerprint density at radius 2 is 2.06 bits per heavy atom. The number of halogens is 1. The fourth-order valence-corrected chi connectivity index (χ4v) is 4.33. The van der Waals surface area contributed by atoms with Crippen LogP contribution < -0.4 is 31.6 Å². The average Bonchev–Trinajstić information content (AvgIpc) is 3.36. The van der Waals surface area contributed by atoms with Crippen molar-refractivity contribution in [3.05, 3.63) is 35.5 Å². The minimum Gasteiger partial charge on any atom is -0.384 e. The summed E-state index contributed by atoms with van der Waals surface area (Å²) in [4.78, 5) is 21.6. The first-order valence-corrected chi connectivity index (χ1v) is 10.5. The highest BCUT2D eigenvalue weighted by Crippen LogP contribution is 2.29. The van der Waals surface area contributed by atoms with Crippen molar-refractivity contribution < 1.29 is 13.8 Å². The predicted molar refractivity (Wildman–Crippen MR) is 114 cm³/mol. The number of aryl methyl sites for hydroxylation is 1. The Balaban J connectivity index is 1.29. The standard InChI is InChI=1S/C19H25FN10O2/c1-11-17(27-32-26-11)29-6-4-28(5-7-29)14-2-3-22-9-13(14)24-19(31)15-16(21)25-30-10-12(20)8-23-18(15)30/h2-3,9,12,18,23,25H,4-8,10,21H2,1H3,(H,24,31). The van der Waals surface area contributed by atoms with E-state index in [2.05, 4.69) is 41.2 Å². The van der Waals surface area contributed by atoms with Crippen molar-refractivity contribution in [2.45, 2.75) is 19.3 Å². The van der Waals surface area contributed by atoms with Crippen LogP contribution in [0.4, 0.5) is 21.6 Å². The van der Waals surface area contributed by atoms with E-state index in [0.717, 1.165) is 43.4 Å². The summed E-state index contributed by atoms with van der Waals surface area (Å²) in [5.74, 6) is 0.610. The highest BCUT2D eigenvalue weighted by molar-refractivity contribution is 6.06. The summed E-state index contributed by atoms with van der Waals surface area (Å²) in [7, 11) is 0. The molecule has 2 saturated heterocycles. The maximum Gasteiger partial charge on any atom is 0.258 e. The number of hydrazine groups is 1. The van der Waals surface area contributed by atoms with Crippen LogP contribution in [0.2, 0.25) is 0 Å². The monoisotopic (exact) mass is 444 g/mol. The summed E-state index contributed by atoms with van der Waals surface area (Å²) in [6.07, 6.45) is 1.80. The number of hydrogen-bond acceptors (Lipinski definition) is 11. The molecule has 0 bridgehead atoms. The van der Waals surface area contributed by atoms with Gasteiger partial charge in [0.25, 0.3) is 5.91 Å². The molecule has 1 amide bonds. The Hall–Kier alpha value is -3.45. The number of nitrogens with two attached hydrogens (primary N) is 1. The molecule has 2 fully saturated rings. The fourth-order valence-electron chi connectivity index (χ4n) is 4.33. The third-order valence-corrected chi connectivity index (χ3v) is 5.91. The lowest BCUT2D eigenvalue weighted by atomic mass is 10.1. The first-order chi connectivity index (χ1) is 15.5. The van der Waals surface area contributed by atoms with Gasteiger partial charge in [-0.15, -0.1) is 0 Å². The van der Waals surface area contributed by atoms with Gasteiger partial charge in [-0.1, -0.05) is 5.16 Å². The van der Waals surface area contributed by atoms with E-state index < -0.39 is 12.3 Å². The summed E-state index contributed by atoms with van der Waals surface area (Å²) in [5, 5.41) is 15.4. The average molecular weight is 444 g/mol. The van der Waals surface area contributed by atoms with E-state index in [4.69, 9.17) is 10.4 Å². The summed E-state index contributed by atoms with van der Waals surface area (Å²) in [5.41, 5.74) is 11.5. The van der Waals surface area contributed by atoms with Gasteiger partial charge in [0.1, 0.15) is 23.9 Å². The maximum absolute atomic E-state index is 13.7. The van der Waals surface area contributed by atoms with Crippen LogP contribution in [0, 0.1) is 6.92 Å². The number of fused-ring (bicyclic) bond motifs is 1. The van der Waals surface area contributed by atoms with Crippen LogP contribution in [0.5, 0.6) is 0 Å². The molecule has 5 rings (SSSR count). The van der Waals surface area contributed by atoms with Crippen LogP contribution in [0.1, 0.15) is 5.69 Å². The first-order valence-electron chi connectivity index (χ1n) is 10.5. The Kier molecular flexibility index (Phi) is 5.27. The number of nitrogens with one attached hydrogen (secondary N) is 3. The van der Waals surface area contributed by atoms with Gasteiger partial charge in [0.2, 0.25) is 0 Å². The SMILES string of the molecule is Cc1nonc1N1CCN(c2ccncc2NC(=O)C2=C(N)NN3CC(F)CNC23)CC1. The van der Waals surface area contributed by atoms with Gasteiger partial charge in [-0.05, 0) is 18.1 Å².